The summed E-state index contributed by atoms with van der Waals surface area (Å²) in [6.45, 7) is 5.00. The Hall–Kier alpha value is -0.570. The molecule has 1 rings (SSSR count). The van der Waals surface area contributed by atoms with Gasteiger partial charge in [-0.1, -0.05) is 20.3 Å². The van der Waals surface area contributed by atoms with E-state index >= 15 is 0 Å². The number of carbonyl (C=O) groups is 1. The third-order valence-electron chi connectivity index (χ3n) is 3.32. The molecule has 3 heteroatoms. The molecule has 0 heterocycles. The van der Waals surface area contributed by atoms with Gasteiger partial charge in [0.1, 0.15) is 0 Å². The molecule has 82 valence electrons. The molecule has 2 unspecified atom stereocenters. The van der Waals surface area contributed by atoms with Crippen LogP contribution in [0.25, 0.3) is 0 Å². The van der Waals surface area contributed by atoms with Crippen LogP contribution in [-0.4, -0.2) is 25.5 Å². The Morgan fingerprint density at radius 1 is 1.29 bits per heavy atom. The first-order valence-electron chi connectivity index (χ1n) is 5.59. The fourth-order valence-corrected chi connectivity index (χ4v) is 2.38. The summed E-state index contributed by atoms with van der Waals surface area (Å²) in [5.74, 6) is 1.47. The zero-order valence-electron chi connectivity index (χ0n) is 9.47. The molecule has 0 aromatic heterocycles. The molecule has 1 saturated carbocycles. The van der Waals surface area contributed by atoms with Crippen LogP contribution < -0.4 is 10.6 Å². The second-order valence-corrected chi connectivity index (χ2v) is 4.47. The fraction of sp³-hybridized carbons (Fsp3) is 0.909. The van der Waals surface area contributed by atoms with Crippen LogP contribution in [-0.2, 0) is 4.79 Å². The van der Waals surface area contributed by atoms with Gasteiger partial charge in [0.25, 0.3) is 0 Å². The SMILES string of the molecule is CNC(=O)CNC1C(C)CCCC1C. The largest absolute Gasteiger partial charge is 0.358 e. The Morgan fingerprint density at radius 2 is 1.86 bits per heavy atom. The number of rotatable bonds is 3. The van der Waals surface area contributed by atoms with Crippen molar-refractivity contribution in [3.63, 3.8) is 0 Å². The van der Waals surface area contributed by atoms with Crippen molar-refractivity contribution in [2.75, 3.05) is 13.6 Å². The smallest absolute Gasteiger partial charge is 0.233 e. The van der Waals surface area contributed by atoms with Crippen LogP contribution in [0.3, 0.4) is 0 Å². The Kier molecular flexibility index (Phi) is 4.39. The molecule has 1 amide bonds. The molecule has 1 aliphatic carbocycles. The van der Waals surface area contributed by atoms with E-state index in [1.165, 1.54) is 19.3 Å². The maximum absolute atomic E-state index is 11.1. The normalized spacial score (nSPS) is 32.6. The number of hydrogen-bond acceptors (Lipinski definition) is 2. The summed E-state index contributed by atoms with van der Waals surface area (Å²) in [4.78, 5) is 11.1. The fourth-order valence-electron chi connectivity index (χ4n) is 2.38. The Morgan fingerprint density at radius 3 is 2.36 bits per heavy atom. The lowest BCUT2D eigenvalue weighted by Gasteiger charge is -2.35. The van der Waals surface area contributed by atoms with Gasteiger partial charge in [0, 0.05) is 13.1 Å². The molecule has 0 aromatic rings. The summed E-state index contributed by atoms with van der Waals surface area (Å²) < 4.78 is 0. The summed E-state index contributed by atoms with van der Waals surface area (Å²) in [6, 6.07) is 0.515. The average Bonchev–Trinajstić information content (AvgIpc) is 2.16. The maximum Gasteiger partial charge on any atom is 0.233 e. The molecule has 1 aliphatic rings. The highest BCUT2D eigenvalue weighted by molar-refractivity contribution is 5.77. The lowest BCUT2D eigenvalue weighted by molar-refractivity contribution is -0.120. The standard InChI is InChI=1S/C11H22N2O/c1-8-5-4-6-9(2)11(8)13-7-10(14)12-3/h8-9,11,13H,4-7H2,1-3H3,(H,12,14). The zero-order valence-corrected chi connectivity index (χ0v) is 9.47. The monoisotopic (exact) mass is 198 g/mol. The van der Waals surface area contributed by atoms with E-state index in [1.807, 2.05) is 0 Å². The highest BCUT2D eigenvalue weighted by Crippen LogP contribution is 2.28. The van der Waals surface area contributed by atoms with Gasteiger partial charge in [-0.3, -0.25) is 4.79 Å². The van der Waals surface area contributed by atoms with E-state index < -0.39 is 0 Å². The van der Waals surface area contributed by atoms with Gasteiger partial charge in [-0.2, -0.15) is 0 Å². The highest BCUT2D eigenvalue weighted by atomic mass is 16.1. The van der Waals surface area contributed by atoms with Crippen molar-refractivity contribution >= 4 is 5.91 Å². The van der Waals surface area contributed by atoms with Crippen LogP contribution in [0.15, 0.2) is 0 Å². The number of hydrogen-bond donors (Lipinski definition) is 2. The molecular formula is C11H22N2O. The topological polar surface area (TPSA) is 41.1 Å². The molecular weight excluding hydrogens is 176 g/mol. The van der Waals surface area contributed by atoms with Crippen LogP contribution >= 0.6 is 0 Å². The first kappa shape index (κ1) is 11.5. The number of amides is 1. The van der Waals surface area contributed by atoms with Crippen molar-refractivity contribution in [2.45, 2.75) is 39.2 Å². The third kappa shape index (κ3) is 2.98. The summed E-state index contributed by atoms with van der Waals surface area (Å²) in [5, 5.41) is 5.99. The first-order valence-corrected chi connectivity index (χ1v) is 5.59. The van der Waals surface area contributed by atoms with E-state index in [1.54, 1.807) is 7.05 Å². The van der Waals surface area contributed by atoms with Crippen molar-refractivity contribution in [3.8, 4) is 0 Å². The van der Waals surface area contributed by atoms with Gasteiger partial charge in [-0.05, 0) is 24.7 Å². The first-order chi connectivity index (χ1) is 6.65. The van der Waals surface area contributed by atoms with Gasteiger partial charge in [-0.15, -0.1) is 0 Å². The molecule has 0 radical (unpaired) electrons. The zero-order chi connectivity index (χ0) is 10.6. The van der Waals surface area contributed by atoms with Gasteiger partial charge < -0.3 is 10.6 Å². The molecule has 0 aromatic carbocycles. The summed E-state index contributed by atoms with van der Waals surface area (Å²) in [6.07, 6.45) is 3.91. The second-order valence-electron chi connectivity index (χ2n) is 4.47. The van der Waals surface area contributed by atoms with Gasteiger partial charge in [0.15, 0.2) is 0 Å². The molecule has 2 N–H and O–H groups in total. The van der Waals surface area contributed by atoms with Crippen molar-refractivity contribution < 1.29 is 4.79 Å². The molecule has 3 nitrogen and oxygen atoms in total. The molecule has 0 bridgehead atoms. The summed E-state index contributed by atoms with van der Waals surface area (Å²) >= 11 is 0. The van der Waals surface area contributed by atoms with Crippen molar-refractivity contribution in [1.82, 2.24) is 10.6 Å². The van der Waals surface area contributed by atoms with E-state index in [-0.39, 0.29) is 5.91 Å². The minimum absolute atomic E-state index is 0.0787. The molecule has 0 spiro atoms. The molecule has 2 atom stereocenters. The van der Waals surface area contributed by atoms with E-state index in [0.717, 1.165) is 0 Å². The van der Waals surface area contributed by atoms with Crippen LogP contribution in [0.1, 0.15) is 33.1 Å². The maximum atomic E-state index is 11.1. The van der Waals surface area contributed by atoms with Gasteiger partial charge in [0.2, 0.25) is 5.91 Å². The van der Waals surface area contributed by atoms with Crippen molar-refractivity contribution in [1.29, 1.82) is 0 Å². The summed E-state index contributed by atoms with van der Waals surface area (Å²) in [7, 11) is 1.68. The number of likely N-dealkylation sites (N-methyl/N-ethyl adjacent to an activating group) is 1. The molecule has 0 aliphatic heterocycles. The average molecular weight is 198 g/mol. The third-order valence-corrected chi connectivity index (χ3v) is 3.32. The Labute approximate surface area is 86.6 Å². The molecule has 1 fully saturated rings. The predicted octanol–water partition coefficient (Wildman–Crippen LogP) is 1.15. The minimum atomic E-state index is 0.0787. The van der Waals surface area contributed by atoms with E-state index in [2.05, 4.69) is 24.5 Å². The van der Waals surface area contributed by atoms with Gasteiger partial charge in [0.05, 0.1) is 6.54 Å². The van der Waals surface area contributed by atoms with Crippen LogP contribution in [0.4, 0.5) is 0 Å². The van der Waals surface area contributed by atoms with E-state index in [4.69, 9.17) is 0 Å². The highest BCUT2D eigenvalue weighted by Gasteiger charge is 2.27. The number of nitrogens with one attached hydrogen (secondary N) is 2. The van der Waals surface area contributed by atoms with Crippen molar-refractivity contribution in [3.05, 3.63) is 0 Å². The predicted molar refractivity (Wildman–Crippen MR) is 58.0 cm³/mol. The van der Waals surface area contributed by atoms with E-state index in [0.29, 0.717) is 24.4 Å². The van der Waals surface area contributed by atoms with E-state index in [9.17, 15) is 4.79 Å². The van der Waals surface area contributed by atoms with Crippen LogP contribution in [0, 0.1) is 11.8 Å². The lowest BCUT2D eigenvalue weighted by Crippen LogP contribution is -2.46. The van der Waals surface area contributed by atoms with Crippen LogP contribution in [0.5, 0.6) is 0 Å². The van der Waals surface area contributed by atoms with Gasteiger partial charge in [-0.25, -0.2) is 0 Å². The Balaban J connectivity index is 2.36. The molecule has 14 heavy (non-hydrogen) atoms. The van der Waals surface area contributed by atoms with Gasteiger partial charge >= 0.3 is 0 Å². The minimum Gasteiger partial charge on any atom is -0.358 e. The summed E-state index contributed by atoms with van der Waals surface area (Å²) in [5.41, 5.74) is 0. The second kappa shape index (κ2) is 5.35. The quantitative estimate of drug-likeness (QED) is 0.714. The Bertz CT molecular complexity index is 184. The number of carbonyl (C=O) groups excluding carboxylic acids is 1. The molecule has 0 saturated heterocycles. The van der Waals surface area contributed by atoms with Crippen molar-refractivity contribution in [2.24, 2.45) is 11.8 Å². The van der Waals surface area contributed by atoms with Crippen LogP contribution in [0.2, 0.25) is 0 Å². The lowest BCUT2D eigenvalue weighted by atomic mass is 9.79.